The molecule has 0 bridgehead atoms. The van der Waals surface area contributed by atoms with Crippen LogP contribution in [0.3, 0.4) is 0 Å². The topological polar surface area (TPSA) is 49.4 Å². The van der Waals surface area contributed by atoms with Gasteiger partial charge in [0.1, 0.15) is 0 Å². The molecule has 0 aromatic heterocycles. The van der Waals surface area contributed by atoms with E-state index in [1.807, 2.05) is 0 Å². The average Bonchev–Trinajstić information content (AvgIpc) is 2.85. The van der Waals surface area contributed by atoms with E-state index in [1.54, 1.807) is 0 Å². The molecule has 4 heteroatoms. The fraction of sp³-hybridized carbons (Fsp3) is 0.923. The summed E-state index contributed by atoms with van der Waals surface area (Å²) < 4.78 is 0. The molecule has 0 fully saturated rings. The molecule has 0 unspecified atom stereocenters. The largest absolute Gasteiger partial charge is 0.185 e. The SMILES string of the molecule is [CH2]CCCCCCCCCCCC1N=NN=N1. The van der Waals surface area contributed by atoms with Crippen LogP contribution in [0.4, 0.5) is 0 Å². The molecule has 0 aromatic rings. The molecule has 1 aliphatic heterocycles. The van der Waals surface area contributed by atoms with Crippen LogP contribution in [0.25, 0.3) is 0 Å². The first-order chi connectivity index (χ1) is 8.43. The van der Waals surface area contributed by atoms with Crippen LogP contribution in [0, 0.1) is 6.92 Å². The number of unbranched alkanes of at least 4 members (excludes halogenated alkanes) is 9. The zero-order chi connectivity index (χ0) is 12.2. The van der Waals surface area contributed by atoms with Crippen molar-refractivity contribution < 1.29 is 0 Å². The summed E-state index contributed by atoms with van der Waals surface area (Å²) in [7, 11) is 0. The molecule has 0 aromatic carbocycles. The van der Waals surface area contributed by atoms with Crippen LogP contribution < -0.4 is 0 Å². The maximum atomic E-state index is 3.90. The summed E-state index contributed by atoms with van der Waals surface area (Å²) in [4.78, 5) is 0. The van der Waals surface area contributed by atoms with Crippen LogP contribution in [0.2, 0.25) is 0 Å². The monoisotopic (exact) mass is 237 g/mol. The van der Waals surface area contributed by atoms with Gasteiger partial charge in [-0.1, -0.05) is 64.7 Å². The first-order valence-electron chi connectivity index (χ1n) is 7.02. The highest BCUT2D eigenvalue weighted by Crippen LogP contribution is 2.15. The van der Waals surface area contributed by atoms with Crippen LogP contribution in [0.5, 0.6) is 0 Å². The lowest BCUT2D eigenvalue weighted by Gasteiger charge is -2.02. The van der Waals surface area contributed by atoms with E-state index in [2.05, 4.69) is 27.6 Å². The van der Waals surface area contributed by atoms with Gasteiger partial charge in [0, 0.05) is 0 Å². The van der Waals surface area contributed by atoms with E-state index in [1.165, 1.54) is 57.8 Å². The van der Waals surface area contributed by atoms with Gasteiger partial charge in [0.2, 0.25) is 0 Å². The van der Waals surface area contributed by atoms with Gasteiger partial charge in [0.05, 0.1) is 0 Å². The highest BCUT2D eigenvalue weighted by molar-refractivity contribution is 4.61. The van der Waals surface area contributed by atoms with Gasteiger partial charge < -0.3 is 0 Å². The Labute approximate surface area is 105 Å². The standard InChI is InChI=1S/C13H25N4/c1-2-3-4-5-6-7-8-9-10-11-12-13-14-16-17-15-13/h13H,1-12H2. The zero-order valence-corrected chi connectivity index (χ0v) is 10.9. The summed E-state index contributed by atoms with van der Waals surface area (Å²) in [6.45, 7) is 3.86. The molecule has 17 heavy (non-hydrogen) atoms. The van der Waals surface area contributed by atoms with Gasteiger partial charge in [-0.3, -0.25) is 0 Å². The molecule has 0 saturated carbocycles. The van der Waals surface area contributed by atoms with E-state index >= 15 is 0 Å². The molecule has 0 N–H and O–H groups in total. The molecular weight excluding hydrogens is 212 g/mol. The maximum Gasteiger partial charge on any atom is 0.185 e. The van der Waals surface area contributed by atoms with Crippen molar-refractivity contribution in [2.75, 3.05) is 0 Å². The molecule has 1 heterocycles. The molecular formula is C13H25N4. The van der Waals surface area contributed by atoms with Crippen LogP contribution in [0.1, 0.15) is 70.6 Å². The second-order valence-electron chi connectivity index (χ2n) is 4.71. The molecule has 0 amide bonds. The van der Waals surface area contributed by atoms with Gasteiger partial charge in [-0.05, 0) is 23.3 Å². The van der Waals surface area contributed by atoms with E-state index < -0.39 is 0 Å². The van der Waals surface area contributed by atoms with Crippen molar-refractivity contribution in [3.8, 4) is 0 Å². The fourth-order valence-corrected chi connectivity index (χ4v) is 2.05. The minimum atomic E-state index is 0.0256. The first-order valence-corrected chi connectivity index (χ1v) is 7.02. The van der Waals surface area contributed by atoms with Crippen molar-refractivity contribution in [2.24, 2.45) is 20.7 Å². The van der Waals surface area contributed by atoms with Crippen LogP contribution in [-0.2, 0) is 0 Å². The third-order valence-electron chi connectivity index (χ3n) is 3.12. The van der Waals surface area contributed by atoms with Crippen molar-refractivity contribution >= 4 is 0 Å². The smallest absolute Gasteiger partial charge is 0.138 e. The summed E-state index contributed by atoms with van der Waals surface area (Å²) in [5, 5.41) is 14.8. The van der Waals surface area contributed by atoms with E-state index in [9.17, 15) is 0 Å². The van der Waals surface area contributed by atoms with Gasteiger partial charge in [0.15, 0.2) is 6.17 Å². The summed E-state index contributed by atoms with van der Waals surface area (Å²) >= 11 is 0. The van der Waals surface area contributed by atoms with Gasteiger partial charge in [-0.25, -0.2) is 0 Å². The van der Waals surface area contributed by atoms with Gasteiger partial charge in [-0.2, -0.15) is 0 Å². The Hall–Kier alpha value is -0.800. The highest BCUT2D eigenvalue weighted by Gasteiger charge is 2.07. The van der Waals surface area contributed by atoms with Crippen LogP contribution in [-0.4, -0.2) is 6.17 Å². The minimum Gasteiger partial charge on any atom is -0.138 e. The molecule has 0 atom stereocenters. The zero-order valence-electron chi connectivity index (χ0n) is 10.9. The molecule has 0 saturated heterocycles. The lowest BCUT2D eigenvalue weighted by Crippen LogP contribution is -1.95. The Morgan fingerprint density at radius 3 is 1.65 bits per heavy atom. The summed E-state index contributed by atoms with van der Waals surface area (Å²) in [5.41, 5.74) is 0. The number of hydrogen-bond acceptors (Lipinski definition) is 4. The molecule has 4 nitrogen and oxygen atoms in total. The maximum absolute atomic E-state index is 3.90. The van der Waals surface area contributed by atoms with Crippen molar-refractivity contribution in [3.63, 3.8) is 0 Å². The normalized spacial score (nSPS) is 14.9. The average molecular weight is 237 g/mol. The summed E-state index contributed by atoms with van der Waals surface area (Å²) in [5.74, 6) is 0. The quantitative estimate of drug-likeness (QED) is 0.439. The van der Waals surface area contributed by atoms with E-state index in [0.29, 0.717) is 0 Å². The lowest BCUT2D eigenvalue weighted by atomic mass is 10.1. The predicted octanol–water partition coefficient (Wildman–Crippen LogP) is 5.27. The van der Waals surface area contributed by atoms with Crippen molar-refractivity contribution in [2.45, 2.75) is 76.8 Å². The summed E-state index contributed by atoms with van der Waals surface area (Å²) in [6.07, 6.45) is 14.2. The van der Waals surface area contributed by atoms with Crippen molar-refractivity contribution in [3.05, 3.63) is 6.92 Å². The third-order valence-corrected chi connectivity index (χ3v) is 3.12. The first kappa shape index (κ1) is 14.3. The van der Waals surface area contributed by atoms with E-state index in [-0.39, 0.29) is 6.17 Å². The van der Waals surface area contributed by atoms with Crippen molar-refractivity contribution in [1.82, 2.24) is 0 Å². The van der Waals surface area contributed by atoms with Gasteiger partial charge in [-0.15, -0.1) is 10.2 Å². The Morgan fingerprint density at radius 1 is 0.647 bits per heavy atom. The second-order valence-corrected chi connectivity index (χ2v) is 4.71. The molecule has 0 spiro atoms. The van der Waals surface area contributed by atoms with Gasteiger partial charge >= 0.3 is 0 Å². The van der Waals surface area contributed by atoms with Crippen LogP contribution in [0.15, 0.2) is 20.7 Å². The van der Waals surface area contributed by atoms with Gasteiger partial charge in [0.25, 0.3) is 0 Å². The number of nitrogens with zero attached hydrogens (tertiary/aromatic N) is 4. The Kier molecular flexibility index (Phi) is 8.69. The number of rotatable bonds is 11. The molecule has 97 valence electrons. The minimum absolute atomic E-state index is 0.0256. The fourth-order valence-electron chi connectivity index (χ4n) is 2.05. The summed E-state index contributed by atoms with van der Waals surface area (Å²) in [6, 6.07) is 0. The highest BCUT2D eigenvalue weighted by atomic mass is 15.6. The molecule has 1 rings (SSSR count). The Balaban J connectivity index is 1.72. The Bertz CT molecular complexity index is 213. The lowest BCUT2D eigenvalue weighted by molar-refractivity contribution is 0.528. The van der Waals surface area contributed by atoms with E-state index in [4.69, 9.17) is 0 Å². The Morgan fingerprint density at radius 2 is 1.12 bits per heavy atom. The molecule has 1 aliphatic rings. The van der Waals surface area contributed by atoms with Crippen LogP contribution >= 0.6 is 0 Å². The number of hydrogen-bond donors (Lipinski definition) is 0. The van der Waals surface area contributed by atoms with E-state index in [0.717, 1.165) is 12.8 Å². The molecule has 0 aliphatic carbocycles. The van der Waals surface area contributed by atoms with Crippen molar-refractivity contribution in [1.29, 1.82) is 0 Å². The predicted molar refractivity (Wildman–Crippen MR) is 69.6 cm³/mol. The molecule has 1 radical (unpaired) electrons. The third kappa shape index (κ3) is 8.00. The second kappa shape index (κ2) is 10.4.